The van der Waals surface area contributed by atoms with Crippen LogP contribution in [-0.2, 0) is 70.0 Å². The van der Waals surface area contributed by atoms with Crippen LogP contribution in [0.2, 0.25) is 0 Å². The average molecular weight is 442 g/mol. The second-order valence-electron chi connectivity index (χ2n) is 1.02. The van der Waals surface area contributed by atoms with Gasteiger partial charge in [0, 0.05) is 65.4 Å². The minimum absolute atomic E-state index is 0. The molecule has 2 atom stereocenters. The first-order valence-electron chi connectivity index (χ1n) is 2.39. The van der Waals surface area contributed by atoms with Gasteiger partial charge in [0.05, 0.1) is 3.46 Å². The molecule has 10 heavy (non-hydrogen) atoms. The number of halogens is 1. The van der Waals surface area contributed by atoms with Gasteiger partial charge in [-0.05, 0) is 38.3 Å². The largest absolute Gasteiger partial charge is 0.356 e. The molecule has 0 amide bonds. The van der Waals surface area contributed by atoms with Crippen LogP contribution in [0.5, 0.6) is 0 Å². The van der Waals surface area contributed by atoms with E-state index in [2.05, 4.69) is 0 Å². The van der Waals surface area contributed by atoms with Gasteiger partial charge in [-0.25, -0.2) is 0 Å². The van der Waals surface area contributed by atoms with Gasteiger partial charge in [-0.2, -0.15) is 8.29 Å². The third-order valence-corrected chi connectivity index (χ3v) is 5.87. The van der Waals surface area contributed by atoms with Gasteiger partial charge in [0.25, 0.3) is 0 Å². The Morgan fingerprint density at radius 1 is 1.90 bits per heavy atom. The fourth-order valence-electron chi connectivity index (χ4n) is 0.162. The summed E-state index contributed by atoms with van der Waals surface area (Å²) in [6.07, 6.45) is 0.222. The fourth-order valence-corrected chi connectivity index (χ4v) is 3.66. The Kier molecular flexibility index (Phi) is 19.3. The molecule has 0 fully saturated rings. The van der Waals surface area contributed by atoms with Crippen molar-refractivity contribution in [3.63, 3.8) is 0 Å². The molecule has 54 valence electrons. The first-order chi connectivity index (χ1) is 4.04. The minimum Gasteiger partial charge on any atom is -0.356 e. The predicted octanol–water partition coefficient (Wildman–Crippen LogP) is 2.69. The summed E-state index contributed by atoms with van der Waals surface area (Å²) in [6, 6.07) is 0. The van der Waals surface area contributed by atoms with E-state index in [1.165, 1.54) is 6.92 Å². The zero-order chi connectivity index (χ0) is 7.44. The molecule has 0 aliphatic carbocycles. The molecular formula is C3H7INOP2Y2-. The van der Waals surface area contributed by atoms with Crippen LogP contribution in [0.3, 0.4) is 0 Å². The van der Waals surface area contributed by atoms with Crippen molar-refractivity contribution in [1.29, 1.82) is 5.41 Å². The third kappa shape index (κ3) is 13.8. The van der Waals surface area contributed by atoms with Crippen LogP contribution >= 0.6 is 38.3 Å². The molecule has 0 aromatic rings. The van der Waals surface area contributed by atoms with Crippen molar-refractivity contribution in [3.8, 4) is 0 Å². The van der Waals surface area contributed by atoms with Crippen molar-refractivity contribution in [2.24, 2.45) is 0 Å². The molecule has 0 bridgehead atoms. The van der Waals surface area contributed by atoms with Crippen LogP contribution in [0, 0.1) is 11.5 Å². The van der Waals surface area contributed by atoms with Gasteiger partial charge in [0.1, 0.15) is 0 Å². The smallest absolute Gasteiger partial charge is 0.0931 e. The van der Waals surface area contributed by atoms with E-state index >= 15 is 0 Å². The SMILES string of the molecule is [3H][C-](C)[PH](=O)PC(=N)I.[Y].[Y]. The second-order valence-corrected chi connectivity index (χ2v) is 7.14. The molecule has 1 N–H and O–H groups in total. The summed E-state index contributed by atoms with van der Waals surface area (Å²) in [5.41, 5.74) is 0. The molecule has 0 aromatic heterocycles. The van der Waals surface area contributed by atoms with Crippen LogP contribution in [0.15, 0.2) is 0 Å². The Labute approximate surface area is 129 Å². The summed E-state index contributed by atoms with van der Waals surface area (Å²) in [4.78, 5) is 0. The molecule has 0 rings (SSSR count). The van der Waals surface area contributed by atoms with E-state index < -0.39 is 7.49 Å². The van der Waals surface area contributed by atoms with Crippen LogP contribution in [0.4, 0.5) is 0 Å². The van der Waals surface area contributed by atoms with Crippen LogP contribution in [-0.4, -0.2) is 3.46 Å². The van der Waals surface area contributed by atoms with E-state index in [1.54, 1.807) is 0 Å². The van der Waals surface area contributed by atoms with Crippen LogP contribution < -0.4 is 0 Å². The quantitative estimate of drug-likeness (QED) is 0.311. The molecule has 7 heteroatoms. The third-order valence-electron chi connectivity index (χ3n) is 0.450. The second kappa shape index (κ2) is 12.3. The van der Waals surface area contributed by atoms with Crippen molar-refractivity contribution < 1.29 is 71.4 Å². The summed E-state index contributed by atoms with van der Waals surface area (Å²) >= 11 is 1.82. The zero-order valence-electron chi connectivity index (χ0n) is 6.44. The summed E-state index contributed by atoms with van der Waals surface area (Å²) in [6.45, 7) is 1.52. The van der Waals surface area contributed by atoms with Gasteiger partial charge in [0.2, 0.25) is 0 Å². The fraction of sp³-hybridized carbons (Fsp3) is 0.333. The Hall–Kier alpha value is 3.27. The van der Waals surface area contributed by atoms with Gasteiger partial charge in [-0.1, -0.05) is 0 Å². The van der Waals surface area contributed by atoms with Gasteiger partial charge in [-0.15, -0.1) is 0 Å². The number of hydrogen-bond acceptors (Lipinski definition) is 2. The topological polar surface area (TPSA) is 40.9 Å². The van der Waals surface area contributed by atoms with Crippen molar-refractivity contribution in [2.75, 3.05) is 0 Å². The molecule has 0 saturated heterocycles. The van der Waals surface area contributed by atoms with Crippen LogP contribution in [0.1, 0.15) is 8.29 Å². The first-order valence-corrected chi connectivity index (χ1v) is 6.38. The molecule has 0 spiro atoms. The summed E-state index contributed by atoms with van der Waals surface area (Å²) in [5, 5.41) is 6.95. The van der Waals surface area contributed by atoms with Crippen molar-refractivity contribution in [2.45, 2.75) is 6.92 Å². The zero-order valence-corrected chi connectivity index (χ0v) is 15.3. The molecule has 0 aromatic carbocycles. The maximum absolute atomic E-state index is 10.8. The van der Waals surface area contributed by atoms with E-state index in [9.17, 15) is 4.57 Å². The number of hydrogen-bond donors (Lipinski definition) is 1. The van der Waals surface area contributed by atoms with E-state index in [0.29, 0.717) is 3.46 Å². The molecule has 2 nitrogen and oxygen atoms in total. The predicted molar refractivity (Wildman–Crippen MR) is 49.0 cm³/mol. The van der Waals surface area contributed by atoms with Crippen LogP contribution in [0.25, 0.3) is 0 Å². The van der Waals surface area contributed by atoms with E-state index in [4.69, 9.17) is 6.78 Å². The first kappa shape index (κ1) is 15.7. The minimum atomic E-state index is -1.88. The standard InChI is InChI=1S/C3H7INOP2.2Y/c1-2-8(6)7-3(4)5;;/h2,5,7-8H,1H3;;/q-1;;/i2T;;. The number of rotatable bonds is 3. The summed E-state index contributed by atoms with van der Waals surface area (Å²) < 4.78 is 18.1. The molecule has 2 unspecified atom stereocenters. The molecule has 0 saturated carbocycles. The Morgan fingerprint density at radius 3 is 2.40 bits per heavy atom. The van der Waals surface area contributed by atoms with Gasteiger partial charge in [0.15, 0.2) is 0 Å². The Bertz CT molecular complexity index is 147. The maximum Gasteiger partial charge on any atom is 0.0931 e. The van der Waals surface area contributed by atoms with Gasteiger partial charge in [-0.3, -0.25) is 11.5 Å². The number of nitrogens with one attached hydrogen (secondary N) is 1. The van der Waals surface area contributed by atoms with E-state index in [-0.39, 0.29) is 79.8 Å². The monoisotopic (exact) mass is 442 g/mol. The van der Waals surface area contributed by atoms with Gasteiger partial charge >= 0.3 is 0 Å². The molecule has 0 aliphatic heterocycles. The molecular weight excluding hydrogens is 433 g/mol. The van der Waals surface area contributed by atoms with Crippen molar-refractivity contribution >= 4 is 41.8 Å². The Balaban J connectivity index is -0.000000320. The average Bonchev–Trinajstić information content (AvgIpc) is 1.63. The van der Waals surface area contributed by atoms with Crippen molar-refractivity contribution in [3.05, 3.63) is 6.14 Å². The molecule has 2 radical (unpaired) electrons. The normalized spacial score (nSPS) is 13.7. The van der Waals surface area contributed by atoms with E-state index in [1.807, 2.05) is 22.6 Å². The Morgan fingerprint density at radius 2 is 2.30 bits per heavy atom. The maximum atomic E-state index is 10.8. The summed E-state index contributed by atoms with van der Waals surface area (Å²) in [7, 11) is -1.84. The molecule has 0 aliphatic rings. The van der Waals surface area contributed by atoms with E-state index in [0.717, 1.165) is 0 Å². The molecule has 0 heterocycles. The van der Waals surface area contributed by atoms with Gasteiger partial charge < -0.3 is 4.57 Å². The van der Waals surface area contributed by atoms with Crippen molar-refractivity contribution in [1.82, 2.24) is 0 Å². The summed E-state index contributed by atoms with van der Waals surface area (Å²) in [5.74, 6) is 0.